The molecule has 3 aromatic rings. The van der Waals surface area contributed by atoms with Gasteiger partial charge in [0, 0.05) is 30.4 Å². The van der Waals surface area contributed by atoms with E-state index in [0.29, 0.717) is 29.7 Å². The molecule has 3 N–H and O–H groups in total. The maximum Gasteiger partial charge on any atom is 0.269 e. The molecule has 0 saturated heterocycles. The van der Waals surface area contributed by atoms with Crippen molar-refractivity contribution < 1.29 is 22.4 Å². The van der Waals surface area contributed by atoms with E-state index in [9.17, 15) is 22.4 Å². The quantitative estimate of drug-likeness (QED) is 0.373. The molecule has 1 aliphatic rings. The summed E-state index contributed by atoms with van der Waals surface area (Å²) < 4.78 is 41.6. The molecule has 1 aromatic heterocycles. The van der Waals surface area contributed by atoms with Crippen LogP contribution in [0.4, 0.5) is 4.39 Å². The lowest BCUT2D eigenvalue weighted by Crippen LogP contribution is -2.45. The maximum atomic E-state index is 14.6. The van der Waals surface area contributed by atoms with Crippen LogP contribution in [0, 0.1) is 11.7 Å². The van der Waals surface area contributed by atoms with Crippen molar-refractivity contribution in [3.63, 3.8) is 0 Å². The van der Waals surface area contributed by atoms with E-state index in [1.54, 1.807) is 48.4 Å². The summed E-state index contributed by atoms with van der Waals surface area (Å²) in [5, 5.41) is 2.68. The van der Waals surface area contributed by atoms with E-state index in [2.05, 4.69) is 20.6 Å². The molecule has 37 heavy (non-hydrogen) atoms. The summed E-state index contributed by atoms with van der Waals surface area (Å²) in [7, 11) is -2.18. The lowest BCUT2D eigenvalue weighted by molar-refractivity contribution is 0.0917. The zero-order chi connectivity index (χ0) is 26.6. The van der Waals surface area contributed by atoms with E-state index in [4.69, 9.17) is 11.6 Å². The third-order valence-electron chi connectivity index (χ3n) is 6.20. The van der Waals surface area contributed by atoms with Crippen LogP contribution in [0.1, 0.15) is 46.4 Å². The summed E-state index contributed by atoms with van der Waals surface area (Å²) in [6.07, 6.45) is 5.89. The molecule has 2 aromatic carbocycles. The average Bonchev–Trinajstić information content (AvgIpc) is 3.31. The number of nitrogens with one attached hydrogen (secondary N) is 3. The molecular weight excluding hydrogens is 521 g/mol. The van der Waals surface area contributed by atoms with Crippen LogP contribution >= 0.6 is 11.6 Å². The Bertz CT molecular complexity index is 1400. The molecule has 4 rings (SSSR count). The summed E-state index contributed by atoms with van der Waals surface area (Å²) >= 11 is 5.97. The van der Waals surface area contributed by atoms with Gasteiger partial charge in [-0.25, -0.2) is 17.8 Å². The van der Waals surface area contributed by atoms with Gasteiger partial charge in [-0.15, -0.1) is 4.83 Å². The lowest BCUT2D eigenvalue weighted by atomic mass is 9.87. The van der Waals surface area contributed by atoms with E-state index in [1.807, 2.05) is 6.07 Å². The zero-order valence-electron chi connectivity index (χ0n) is 20.1. The number of hydrazine groups is 1. The first-order valence-corrected chi connectivity index (χ1v) is 13.8. The largest absolute Gasteiger partial charge is 0.349 e. The fourth-order valence-electron chi connectivity index (χ4n) is 4.44. The Hall–Kier alpha value is -3.28. The van der Waals surface area contributed by atoms with E-state index in [0.717, 1.165) is 12.8 Å². The second kappa shape index (κ2) is 11.4. The normalized spacial score (nSPS) is 17.8. The van der Waals surface area contributed by atoms with Crippen LogP contribution < -0.4 is 15.6 Å². The molecule has 0 radical (unpaired) electrons. The molecule has 2 amide bonds. The van der Waals surface area contributed by atoms with Gasteiger partial charge in [0.2, 0.25) is 10.0 Å². The minimum atomic E-state index is -3.94. The molecule has 12 heteroatoms. The Kier molecular flexibility index (Phi) is 8.25. The van der Waals surface area contributed by atoms with Crippen molar-refractivity contribution in [2.45, 2.75) is 31.7 Å². The first-order chi connectivity index (χ1) is 17.6. The highest BCUT2D eigenvalue weighted by Gasteiger charge is 2.28. The highest BCUT2D eigenvalue weighted by Crippen LogP contribution is 2.28. The van der Waals surface area contributed by atoms with Gasteiger partial charge in [0.15, 0.2) is 5.82 Å². The van der Waals surface area contributed by atoms with Crippen LogP contribution in [-0.2, 0) is 17.1 Å². The van der Waals surface area contributed by atoms with E-state index in [-0.39, 0.29) is 28.6 Å². The van der Waals surface area contributed by atoms with Crippen molar-refractivity contribution in [1.82, 2.24) is 25.1 Å². The number of aryl methyl sites for hydroxylation is 1. The van der Waals surface area contributed by atoms with Gasteiger partial charge in [0.1, 0.15) is 0 Å². The number of carbonyl (C=O) groups is 2. The molecule has 1 fully saturated rings. The fraction of sp³-hybridized carbons (Fsp3) is 0.320. The van der Waals surface area contributed by atoms with Crippen LogP contribution in [0.15, 0.2) is 55.0 Å². The number of hydrogen-bond donors (Lipinski definition) is 3. The molecule has 0 spiro atoms. The number of halogens is 2. The van der Waals surface area contributed by atoms with Crippen molar-refractivity contribution in [2.75, 3.05) is 5.75 Å². The van der Waals surface area contributed by atoms with E-state index >= 15 is 0 Å². The fourth-order valence-corrected chi connectivity index (χ4v) is 5.91. The van der Waals surface area contributed by atoms with Gasteiger partial charge in [-0.3, -0.25) is 15.0 Å². The van der Waals surface area contributed by atoms with Gasteiger partial charge >= 0.3 is 0 Å². The Morgan fingerprint density at radius 1 is 1.16 bits per heavy atom. The Balaban J connectivity index is 1.35. The first-order valence-electron chi connectivity index (χ1n) is 11.7. The SMILES string of the molecule is Cn1cnc(-c2cc(Cl)c(F)c(C(=O)NNS(=O)(=O)CC3CCCC(NC(=O)c4ccccc4)C3)c2)c1. The van der Waals surface area contributed by atoms with E-state index < -0.39 is 27.3 Å². The molecular formula is C25H27ClFN5O4S. The van der Waals surface area contributed by atoms with Crippen LogP contribution in [0.2, 0.25) is 5.02 Å². The standard InChI is InChI=1S/C25H27ClFN5O4S/c1-32-13-22(28-15-32)18-11-20(23(27)21(26)12-18)25(34)30-31-37(35,36)14-16-6-5-9-19(10-16)29-24(33)17-7-3-2-4-8-17/h2-4,7-8,11-13,15-16,19,31H,5-6,9-10,14H2,1H3,(H,29,33)(H,30,34). The molecule has 196 valence electrons. The van der Waals surface area contributed by atoms with Gasteiger partial charge in [0.05, 0.1) is 28.4 Å². The predicted octanol–water partition coefficient (Wildman–Crippen LogP) is 3.43. The van der Waals surface area contributed by atoms with Gasteiger partial charge < -0.3 is 9.88 Å². The van der Waals surface area contributed by atoms with Crippen molar-refractivity contribution in [2.24, 2.45) is 13.0 Å². The van der Waals surface area contributed by atoms with Crippen LogP contribution in [-0.4, -0.2) is 41.6 Å². The molecule has 1 saturated carbocycles. The number of imidazole rings is 1. The summed E-state index contributed by atoms with van der Waals surface area (Å²) in [5.41, 5.74) is 3.08. The third kappa shape index (κ3) is 6.94. The van der Waals surface area contributed by atoms with Gasteiger partial charge in [0.25, 0.3) is 11.8 Å². The Labute approximate surface area is 219 Å². The number of rotatable bonds is 8. The highest BCUT2D eigenvalue weighted by atomic mass is 35.5. The summed E-state index contributed by atoms with van der Waals surface area (Å²) in [6.45, 7) is 0. The van der Waals surface area contributed by atoms with Gasteiger partial charge in [-0.05, 0) is 49.4 Å². The Morgan fingerprint density at radius 2 is 1.92 bits per heavy atom. The number of hydrogen-bond acceptors (Lipinski definition) is 5. The summed E-state index contributed by atoms with van der Waals surface area (Å²) in [5.74, 6) is -2.63. The minimum Gasteiger partial charge on any atom is -0.349 e. The zero-order valence-corrected chi connectivity index (χ0v) is 21.7. The van der Waals surface area contributed by atoms with Crippen molar-refractivity contribution >= 4 is 33.4 Å². The van der Waals surface area contributed by atoms with E-state index in [1.165, 1.54) is 12.1 Å². The number of nitrogens with zero attached hydrogens (tertiary/aromatic N) is 2. The maximum absolute atomic E-state index is 14.6. The predicted molar refractivity (Wildman–Crippen MR) is 138 cm³/mol. The van der Waals surface area contributed by atoms with Crippen LogP contribution in [0.25, 0.3) is 11.3 Å². The highest BCUT2D eigenvalue weighted by molar-refractivity contribution is 7.89. The smallest absolute Gasteiger partial charge is 0.269 e. The van der Waals surface area contributed by atoms with Gasteiger partial charge in [-0.1, -0.05) is 36.2 Å². The van der Waals surface area contributed by atoms with Crippen LogP contribution in [0.3, 0.4) is 0 Å². The Morgan fingerprint density at radius 3 is 2.62 bits per heavy atom. The second-order valence-electron chi connectivity index (χ2n) is 9.15. The number of aromatic nitrogens is 2. The minimum absolute atomic E-state index is 0.151. The van der Waals surface area contributed by atoms with Gasteiger partial charge in [-0.2, -0.15) is 0 Å². The molecule has 2 unspecified atom stereocenters. The molecule has 9 nitrogen and oxygen atoms in total. The van der Waals surface area contributed by atoms with Crippen molar-refractivity contribution in [3.05, 3.63) is 77.0 Å². The average molecular weight is 548 g/mol. The van der Waals surface area contributed by atoms with Crippen molar-refractivity contribution in [1.29, 1.82) is 0 Å². The molecule has 1 heterocycles. The third-order valence-corrected chi connectivity index (χ3v) is 7.80. The van der Waals surface area contributed by atoms with Crippen molar-refractivity contribution in [3.8, 4) is 11.3 Å². The molecule has 2 atom stereocenters. The second-order valence-corrected chi connectivity index (χ2v) is 11.3. The topological polar surface area (TPSA) is 122 Å². The summed E-state index contributed by atoms with van der Waals surface area (Å²) in [6, 6.07) is 11.3. The monoisotopic (exact) mass is 547 g/mol. The summed E-state index contributed by atoms with van der Waals surface area (Å²) in [4.78, 5) is 31.3. The number of sulfonamides is 1. The molecule has 0 bridgehead atoms. The first kappa shape index (κ1) is 26.8. The number of carbonyl (C=O) groups excluding carboxylic acids is 2. The molecule has 0 aliphatic heterocycles. The van der Waals surface area contributed by atoms with Crippen LogP contribution in [0.5, 0.6) is 0 Å². The number of amides is 2. The molecule has 1 aliphatic carbocycles. The lowest BCUT2D eigenvalue weighted by Gasteiger charge is -2.29. The number of benzene rings is 2.